The summed E-state index contributed by atoms with van der Waals surface area (Å²) in [6, 6.07) is 5.18. The van der Waals surface area contributed by atoms with Crippen LogP contribution in [0.5, 0.6) is 5.75 Å². The van der Waals surface area contributed by atoms with Crippen molar-refractivity contribution in [2.75, 3.05) is 26.7 Å². The largest absolute Gasteiger partial charge is 0.492 e. The lowest BCUT2D eigenvalue weighted by Gasteiger charge is -2.23. The van der Waals surface area contributed by atoms with Crippen LogP contribution in [0.4, 0.5) is 13.2 Å². The SMILES string of the molecule is CN(CC(=O)NCCOc1cccc(C(F)(F)F)c1)C1CCCC1. The molecule has 1 N–H and O–H groups in total. The van der Waals surface area contributed by atoms with Gasteiger partial charge in [0.05, 0.1) is 18.7 Å². The summed E-state index contributed by atoms with van der Waals surface area (Å²) in [5.74, 6) is 0.0409. The number of benzene rings is 1. The molecule has 1 amide bonds. The quantitative estimate of drug-likeness (QED) is 0.773. The number of nitrogens with zero attached hydrogens (tertiary/aromatic N) is 1. The maximum Gasteiger partial charge on any atom is 0.416 e. The van der Waals surface area contributed by atoms with Gasteiger partial charge in [0.2, 0.25) is 5.91 Å². The Kier molecular flexibility index (Phi) is 6.48. The van der Waals surface area contributed by atoms with E-state index in [9.17, 15) is 18.0 Å². The Morgan fingerprint density at radius 3 is 2.71 bits per heavy atom. The van der Waals surface area contributed by atoms with Crippen LogP contribution in [0.3, 0.4) is 0 Å². The fraction of sp³-hybridized carbons (Fsp3) is 0.588. The van der Waals surface area contributed by atoms with E-state index >= 15 is 0 Å². The molecule has 0 aliphatic heterocycles. The van der Waals surface area contributed by atoms with E-state index in [0.717, 1.165) is 25.0 Å². The molecule has 0 radical (unpaired) electrons. The Bertz CT molecular complexity index is 543. The predicted molar refractivity (Wildman–Crippen MR) is 84.8 cm³/mol. The topological polar surface area (TPSA) is 41.6 Å². The highest BCUT2D eigenvalue weighted by Gasteiger charge is 2.30. The molecule has 1 aliphatic carbocycles. The van der Waals surface area contributed by atoms with Gasteiger partial charge in [0.15, 0.2) is 0 Å². The standard InChI is InChI=1S/C17H23F3N2O2/c1-22(14-6-2-3-7-14)12-16(23)21-9-10-24-15-8-4-5-13(11-15)17(18,19)20/h4-5,8,11,14H,2-3,6-7,9-10,12H2,1H3,(H,21,23). The minimum atomic E-state index is -4.39. The Balaban J connectivity index is 1.68. The fourth-order valence-corrected chi connectivity index (χ4v) is 2.88. The van der Waals surface area contributed by atoms with Crippen LogP contribution in [0.25, 0.3) is 0 Å². The zero-order valence-electron chi connectivity index (χ0n) is 13.7. The van der Waals surface area contributed by atoms with E-state index in [1.807, 2.05) is 7.05 Å². The Morgan fingerprint density at radius 1 is 1.33 bits per heavy atom. The Morgan fingerprint density at radius 2 is 2.04 bits per heavy atom. The minimum Gasteiger partial charge on any atom is -0.492 e. The van der Waals surface area contributed by atoms with E-state index in [0.29, 0.717) is 12.6 Å². The van der Waals surface area contributed by atoms with Crippen molar-refractivity contribution in [2.45, 2.75) is 37.9 Å². The van der Waals surface area contributed by atoms with Gasteiger partial charge in [-0.3, -0.25) is 9.69 Å². The lowest BCUT2D eigenvalue weighted by atomic mass is 10.2. The summed E-state index contributed by atoms with van der Waals surface area (Å²) in [6.07, 6.45) is 0.284. The van der Waals surface area contributed by atoms with E-state index in [1.165, 1.54) is 25.0 Å². The summed E-state index contributed by atoms with van der Waals surface area (Å²) >= 11 is 0. The molecule has 0 heterocycles. The van der Waals surface area contributed by atoms with E-state index in [-0.39, 0.29) is 24.8 Å². The monoisotopic (exact) mass is 344 g/mol. The maximum atomic E-state index is 12.6. The van der Waals surface area contributed by atoms with E-state index in [1.54, 1.807) is 0 Å². The van der Waals surface area contributed by atoms with Crippen LogP contribution in [0.1, 0.15) is 31.2 Å². The molecule has 1 saturated carbocycles. The van der Waals surface area contributed by atoms with Crippen molar-refractivity contribution in [2.24, 2.45) is 0 Å². The summed E-state index contributed by atoms with van der Waals surface area (Å²) in [5.41, 5.74) is -0.748. The van der Waals surface area contributed by atoms with Crippen molar-refractivity contribution in [1.29, 1.82) is 0 Å². The minimum absolute atomic E-state index is 0.1000. The first-order valence-electron chi connectivity index (χ1n) is 8.13. The smallest absolute Gasteiger partial charge is 0.416 e. The molecule has 0 aromatic heterocycles. The number of ether oxygens (including phenoxy) is 1. The van der Waals surface area contributed by atoms with Gasteiger partial charge >= 0.3 is 6.18 Å². The second kappa shape index (κ2) is 8.37. The molecular weight excluding hydrogens is 321 g/mol. The third kappa shape index (κ3) is 5.70. The molecule has 0 spiro atoms. The highest BCUT2D eigenvalue weighted by molar-refractivity contribution is 5.78. The molecule has 0 atom stereocenters. The highest BCUT2D eigenvalue weighted by atomic mass is 19.4. The van der Waals surface area contributed by atoms with Gasteiger partial charge in [-0.05, 0) is 38.1 Å². The number of alkyl halides is 3. The summed E-state index contributed by atoms with van der Waals surface area (Å²) in [5, 5.41) is 2.72. The molecule has 24 heavy (non-hydrogen) atoms. The van der Waals surface area contributed by atoms with Gasteiger partial charge in [-0.15, -0.1) is 0 Å². The molecule has 0 unspecified atom stereocenters. The third-order valence-electron chi connectivity index (χ3n) is 4.20. The number of carbonyl (C=O) groups is 1. The molecule has 1 aromatic carbocycles. The van der Waals surface area contributed by atoms with Crippen LogP contribution in [0.2, 0.25) is 0 Å². The number of hydrogen-bond donors (Lipinski definition) is 1. The zero-order chi connectivity index (χ0) is 17.6. The molecule has 1 aliphatic rings. The summed E-state index contributed by atoms with van der Waals surface area (Å²) in [4.78, 5) is 13.9. The molecule has 0 saturated heterocycles. The van der Waals surface area contributed by atoms with Gasteiger partial charge in [-0.25, -0.2) is 0 Å². The number of nitrogens with one attached hydrogen (secondary N) is 1. The number of hydrogen-bond acceptors (Lipinski definition) is 3. The van der Waals surface area contributed by atoms with Crippen LogP contribution in [-0.2, 0) is 11.0 Å². The predicted octanol–water partition coefficient (Wildman–Crippen LogP) is 3.07. The molecule has 2 rings (SSSR count). The lowest BCUT2D eigenvalue weighted by Crippen LogP contribution is -2.40. The van der Waals surface area contributed by atoms with Gasteiger partial charge in [0.1, 0.15) is 12.4 Å². The number of carbonyl (C=O) groups excluding carboxylic acids is 1. The van der Waals surface area contributed by atoms with Crippen LogP contribution >= 0.6 is 0 Å². The highest BCUT2D eigenvalue weighted by Crippen LogP contribution is 2.31. The van der Waals surface area contributed by atoms with Gasteiger partial charge in [0.25, 0.3) is 0 Å². The first kappa shape index (κ1) is 18.6. The zero-order valence-corrected chi connectivity index (χ0v) is 13.7. The molecule has 1 fully saturated rings. The van der Waals surface area contributed by atoms with E-state index in [4.69, 9.17) is 4.74 Å². The van der Waals surface area contributed by atoms with Crippen LogP contribution < -0.4 is 10.1 Å². The van der Waals surface area contributed by atoms with Crippen molar-refractivity contribution in [1.82, 2.24) is 10.2 Å². The van der Waals surface area contributed by atoms with Crippen molar-refractivity contribution < 1.29 is 22.7 Å². The second-order valence-electron chi connectivity index (χ2n) is 6.08. The van der Waals surface area contributed by atoms with Gasteiger partial charge in [-0.2, -0.15) is 13.2 Å². The average molecular weight is 344 g/mol. The molecular formula is C17H23F3N2O2. The summed E-state index contributed by atoms with van der Waals surface area (Å²) in [6.45, 7) is 0.710. The van der Waals surface area contributed by atoms with Crippen molar-refractivity contribution in [3.63, 3.8) is 0 Å². The maximum absolute atomic E-state index is 12.6. The van der Waals surface area contributed by atoms with Crippen LogP contribution in [-0.4, -0.2) is 43.6 Å². The number of rotatable bonds is 7. The molecule has 0 bridgehead atoms. The van der Waals surface area contributed by atoms with Crippen LogP contribution in [0, 0.1) is 0 Å². The van der Waals surface area contributed by atoms with Crippen molar-refractivity contribution in [3.05, 3.63) is 29.8 Å². The van der Waals surface area contributed by atoms with E-state index in [2.05, 4.69) is 10.2 Å². The van der Waals surface area contributed by atoms with Gasteiger partial charge in [-0.1, -0.05) is 18.9 Å². The first-order chi connectivity index (χ1) is 11.4. The Labute approximate surface area is 140 Å². The third-order valence-corrected chi connectivity index (χ3v) is 4.20. The van der Waals surface area contributed by atoms with Gasteiger partial charge in [0, 0.05) is 6.04 Å². The first-order valence-corrected chi connectivity index (χ1v) is 8.13. The lowest BCUT2D eigenvalue weighted by molar-refractivity contribution is -0.137. The number of halogens is 3. The molecule has 1 aromatic rings. The van der Waals surface area contributed by atoms with Crippen molar-refractivity contribution in [3.8, 4) is 5.75 Å². The summed E-state index contributed by atoms with van der Waals surface area (Å²) < 4.78 is 43.1. The fourth-order valence-electron chi connectivity index (χ4n) is 2.88. The second-order valence-corrected chi connectivity index (χ2v) is 6.08. The Hall–Kier alpha value is -1.76. The molecule has 7 heteroatoms. The number of amides is 1. The molecule has 4 nitrogen and oxygen atoms in total. The molecule has 134 valence electrons. The normalized spacial score (nSPS) is 15.7. The van der Waals surface area contributed by atoms with Crippen LogP contribution in [0.15, 0.2) is 24.3 Å². The van der Waals surface area contributed by atoms with Gasteiger partial charge < -0.3 is 10.1 Å². The van der Waals surface area contributed by atoms with E-state index < -0.39 is 11.7 Å². The number of likely N-dealkylation sites (N-methyl/N-ethyl adjacent to an activating group) is 1. The van der Waals surface area contributed by atoms with Crippen molar-refractivity contribution >= 4 is 5.91 Å². The average Bonchev–Trinajstić information content (AvgIpc) is 3.05. The summed E-state index contributed by atoms with van der Waals surface area (Å²) in [7, 11) is 1.94.